The molecule has 1 aliphatic carbocycles. The first-order valence-electron chi connectivity index (χ1n) is 16.4. The number of benzene rings is 1. The zero-order valence-electron chi connectivity index (χ0n) is 27.4. The predicted octanol–water partition coefficient (Wildman–Crippen LogP) is 6.10. The molecule has 2 atom stereocenters. The van der Waals surface area contributed by atoms with Crippen molar-refractivity contribution >= 4 is 22.8 Å². The average molecular weight is 659 g/mol. The van der Waals surface area contributed by atoms with E-state index in [2.05, 4.69) is 21.5 Å². The smallest absolute Gasteiger partial charge is 0.355 e. The van der Waals surface area contributed by atoms with Crippen LogP contribution in [0, 0.1) is 22.9 Å². The van der Waals surface area contributed by atoms with Crippen molar-refractivity contribution in [1.29, 1.82) is 0 Å². The predicted molar refractivity (Wildman–Crippen MR) is 176 cm³/mol. The topological polar surface area (TPSA) is 93.5 Å². The molecule has 1 saturated carbocycles. The minimum Gasteiger partial charge on any atom is -0.492 e. The number of aromatic nitrogens is 4. The van der Waals surface area contributed by atoms with Crippen molar-refractivity contribution in [2.24, 2.45) is 5.41 Å². The molecule has 2 fully saturated rings. The molecule has 2 aliphatic heterocycles. The number of amides is 1. The van der Waals surface area contributed by atoms with Gasteiger partial charge in [-0.2, -0.15) is 4.98 Å². The third-order valence-corrected chi connectivity index (χ3v) is 10.0. The number of pyridine rings is 2. The van der Waals surface area contributed by atoms with Crippen LogP contribution in [-0.2, 0) is 11.2 Å². The molecule has 48 heavy (non-hydrogen) atoms. The van der Waals surface area contributed by atoms with E-state index in [0.29, 0.717) is 37.3 Å². The van der Waals surface area contributed by atoms with E-state index in [0.717, 1.165) is 24.5 Å². The molecule has 1 aromatic carbocycles. The van der Waals surface area contributed by atoms with Crippen LogP contribution >= 0.6 is 0 Å². The molecule has 0 unspecified atom stereocenters. The number of carbonyl (C=O) groups is 1. The fourth-order valence-electron chi connectivity index (χ4n) is 7.09. The van der Waals surface area contributed by atoms with Crippen LogP contribution in [-0.4, -0.2) is 62.1 Å². The zero-order valence-corrected chi connectivity index (χ0v) is 27.4. The Morgan fingerprint density at radius 2 is 1.83 bits per heavy atom. The van der Waals surface area contributed by atoms with Crippen LogP contribution in [0.15, 0.2) is 47.9 Å². The Morgan fingerprint density at radius 1 is 1.06 bits per heavy atom. The highest BCUT2D eigenvalue weighted by Crippen LogP contribution is 2.51. The zero-order chi connectivity index (χ0) is 34.1. The first kappa shape index (κ1) is 31.8. The van der Waals surface area contributed by atoms with Gasteiger partial charge in [-0.3, -0.25) is 9.78 Å². The Morgan fingerprint density at radius 3 is 2.54 bits per heavy atom. The number of nitrogens with zero attached hydrogens (tertiary/aromatic N) is 6. The second-order valence-corrected chi connectivity index (χ2v) is 13.7. The molecule has 1 saturated heterocycles. The van der Waals surface area contributed by atoms with Crippen molar-refractivity contribution in [3.8, 4) is 22.7 Å². The molecule has 4 aromatic rings. The summed E-state index contributed by atoms with van der Waals surface area (Å²) in [6.07, 6.45) is 6.05. The largest absolute Gasteiger partial charge is 0.492 e. The van der Waals surface area contributed by atoms with Gasteiger partial charge in [0, 0.05) is 36.8 Å². The molecule has 5 heterocycles. The SMILES string of the molecule is C=CC(=O)N1C[C@H](C)N(c2nc(=O)n3c4nc(c(F)cc24)-c2c(ccc(F)c2F)OCC2(CCc4ccnc(C(C)C)c4-3)CC2)C[C@H]1C. The summed E-state index contributed by atoms with van der Waals surface area (Å²) in [4.78, 5) is 44.4. The third-order valence-electron chi connectivity index (χ3n) is 10.0. The van der Waals surface area contributed by atoms with Crippen LogP contribution in [0.5, 0.6) is 5.75 Å². The lowest BCUT2D eigenvalue weighted by molar-refractivity contribution is -0.128. The van der Waals surface area contributed by atoms with Crippen LogP contribution in [0.1, 0.15) is 64.1 Å². The summed E-state index contributed by atoms with van der Waals surface area (Å²) in [6, 6.07) is 4.70. The fourth-order valence-corrected chi connectivity index (χ4v) is 7.09. The molecule has 9 nitrogen and oxygen atoms in total. The van der Waals surface area contributed by atoms with Gasteiger partial charge in [-0.05, 0) is 81.4 Å². The van der Waals surface area contributed by atoms with E-state index in [9.17, 15) is 14.0 Å². The molecule has 1 amide bonds. The number of ether oxygens (including phenoxy) is 1. The van der Waals surface area contributed by atoms with Crippen molar-refractivity contribution in [2.75, 3.05) is 24.6 Å². The van der Waals surface area contributed by atoms with Crippen LogP contribution in [0.4, 0.5) is 19.0 Å². The van der Waals surface area contributed by atoms with Gasteiger partial charge in [0.2, 0.25) is 5.91 Å². The molecule has 12 heteroatoms. The first-order valence-corrected chi connectivity index (χ1v) is 16.4. The van der Waals surface area contributed by atoms with E-state index >= 15 is 8.78 Å². The number of rotatable bonds is 3. The number of carbonyl (C=O) groups excluding carboxylic acids is 1. The highest BCUT2D eigenvalue weighted by molar-refractivity contribution is 5.92. The molecular formula is C36H37F3N6O3. The summed E-state index contributed by atoms with van der Waals surface area (Å²) >= 11 is 0. The molecule has 0 N–H and O–H groups in total. The minimum atomic E-state index is -1.29. The molecule has 0 radical (unpaired) electrons. The van der Waals surface area contributed by atoms with Crippen molar-refractivity contribution < 1.29 is 22.7 Å². The summed E-state index contributed by atoms with van der Waals surface area (Å²) in [6.45, 7) is 12.2. The lowest BCUT2D eigenvalue weighted by Crippen LogP contribution is -2.58. The summed E-state index contributed by atoms with van der Waals surface area (Å²) < 4.78 is 54.5. The second-order valence-electron chi connectivity index (χ2n) is 13.7. The fraction of sp³-hybridized carbons (Fsp3) is 0.417. The van der Waals surface area contributed by atoms with Gasteiger partial charge in [0.15, 0.2) is 23.1 Å². The summed E-state index contributed by atoms with van der Waals surface area (Å²) in [5.74, 6) is -3.58. The standard InChI is InChI=1S/C36H37F3N6O3/c1-6-27(46)43-16-21(5)44(17-20(43)4)33-23-15-25(38)31-28-26(8-7-24(37)29(28)39)48-18-36(12-13-36)11-9-22-10-14-40-30(19(2)3)32(22)45(34(23)41-31)35(47)42-33/h6-8,10,14-15,19-21H,1,9,11-13,16-18H2,2-5H3/t20-,21+/m1/s1. The van der Waals surface area contributed by atoms with Crippen molar-refractivity contribution in [2.45, 2.75) is 71.4 Å². The number of halogens is 3. The van der Waals surface area contributed by atoms with Crippen LogP contribution < -0.4 is 15.3 Å². The molecule has 250 valence electrons. The Balaban J connectivity index is 1.55. The monoisotopic (exact) mass is 658 g/mol. The van der Waals surface area contributed by atoms with Gasteiger partial charge in [-0.1, -0.05) is 20.4 Å². The average Bonchev–Trinajstić information content (AvgIpc) is 3.84. The maximum atomic E-state index is 16.4. The van der Waals surface area contributed by atoms with Crippen LogP contribution in [0.25, 0.3) is 28.0 Å². The van der Waals surface area contributed by atoms with E-state index in [1.807, 2.05) is 38.7 Å². The highest BCUT2D eigenvalue weighted by atomic mass is 19.2. The maximum absolute atomic E-state index is 16.4. The third kappa shape index (κ3) is 5.21. The maximum Gasteiger partial charge on any atom is 0.355 e. The van der Waals surface area contributed by atoms with Crippen molar-refractivity contribution in [1.82, 2.24) is 24.4 Å². The summed E-state index contributed by atoms with van der Waals surface area (Å²) in [5, 5.41) is 0.204. The van der Waals surface area contributed by atoms with E-state index in [4.69, 9.17) is 4.74 Å². The van der Waals surface area contributed by atoms with E-state index in [1.54, 1.807) is 11.1 Å². The number of aryl methyl sites for hydroxylation is 1. The minimum absolute atomic E-state index is 0.0250. The lowest BCUT2D eigenvalue weighted by Gasteiger charge is -2.44. The van der Waals surface area contributed by atoms with Gasteiger partial charge < -0.3 is 14.5 Å². The van der Waals surface area contributed by atoms with Crippen molar-refractivity contribution in [3.05, 3.63) is 82.3 Å². The Labute approximate surface area is 276 Å². The number of piperazine rings is 1. The Hall–Kier alpha value is -4.74. The molecule has 3 aromatic heterocycles. The number of hydrogen-bond donors (Lipinski definition) is 0. The quantitative estimate of drug-likeness (QED) is 0.246. The molecule has 2 bridgehead atoms. The lowest BCUT2D eigenvalue weighted by atomic mass is 9.95. The second kappa shape index (κ2) is 11.7. The molecule has 1 spiro atoms. The van der Waals surface area contributed by atoms with E-state index < -0.39 is 34.4 Å². The summed E-state index contributed by atoms with van der Waals surface area (Å²) in [5.41, 5.74) is 0.198. The molecule has 7 rings (SSSR count). The van der Waals surface area contributed by atoms with Gasteiger partial charge in [0.05, 0.1) is 28.9 Å². The Kier molecular flexibility index (Phi) is 7.79. The van der Waals surface area contributed by atoms with E-state index in [-0.39, 0.29) is 58.5 Å². The van der Waals surface area contributed by atoms with Gasteiger partial charge in [-0.15, -0.1) is 0 Å². The number of fused-ring (bicyclic) bond motifs is 5. The Bertz CT molecular complexity index is 2040. The van der Waals surface area contributed by atoms with Crippen LogP contribution in [0.2, 0.25) is 0 Å². The number of hydrogen-bond acceptors (Lipinski definition) is 7. The normalized spacial score (nSPS) is 20.1. The molecular weight excluding hydrogens is 621 g/mol. The highest BCUT2D eigenvalue weighted by Gasteiger charge is 2.44. The summed E-state index contributed by atoms with van der Waals surface area (Å²) in [7, 11) is 0. The number of anilines is 1. The van der Waals surface area contributed by atoms with Gasteiger partial charge in [0.1, 0.15) is 17.3 Å². The van der Waals surface area contributed by atoms with Crippen molar-refractivity contribution in [3.63, 3.8) is 0 Å². The van der Waals surface area contributed by atoms with Gasteiger partial charge in [-0.25, -0.2) is 27.5 Å². The first-order chi connectivity index (χ1) is 22.9. The molecule has 3 aliphatic rings. The van der Waals surface area contributed by atoms with Gasteiger partial charge in [0.25, 0.3) is 0 Å². The van der Waals surface area contributed by atoms with E-state index in [1.165, 1.54) is 22.8 Å². The van der Waals surface area contributed by atoms with Gasteiger partial charge >= 0.3 is 5.69 Å². The van der Waals surface area contributed by atoms with Crippen LogP contribution in [0.3, 0.4) is 0 Å².